The van der Waals surface area contributed by atoms with Gasteiger partial charge in [-0.1, -0.05) is 47.3 Å². The van der Waals surface area contributed by atoms with Gasteiger partial charge in [0.2, 0.25) is 6.08 Å². The van der Waals surface area contributed by atoms with Gasteiger partial charge in [0, 0.05) is 4.47 Å². The van der Waals surface area contributed by atoms with Crippen molar-refractivity contribution in [1.82, 2.24) is 0 Å². The van der Waals surface area contributed by atoms with E-state index in [-0.39, 0.29) is 5.54 Å². The lowest BCUT2D eigenvalue weighted by molar-refractivity contribution is 0.255. The molecule has 0 unspecified atom stereocenters. The van der Waals surface area contributed by atoms with E-state index in [4.69, 9.17) is 0 Å². The van der Waals surface area contributed by atoms with E-state index in [2.05, 4.69) is 39.1 Å². The summed E-state index contributed by atoms with van der Waals surface area (Å²) in [5.74, 6) is 0.694. The second kappa shape index (κ2) is 5.83. The highest BCUT2D eigenvalue weighted by molar-refractivity contribution is 9.10. The standard InChI is InChI=1S/C17H20BrNO/c18-16-11-14(17(19-12-20)9-4-10-17)7-8-15(16)13-5-2-1-3-6-13/h7-8,11,13H,1-6,9-10H2. The summed E-state index contributed by atoms with van der Waals surface area (Å²) in [5.41, 5.74) is 2.31. The lowest BCUT2D eigenvalue weighted by Gasteiger charge is -2.37. The SMILES string of the molecule is O=C=NC1(c2ccc(C3CCCCC3)c(Br)c2)CCC1. The van der Waals surface area contributed by atoms with Crippen molar-refractivity contribution in [3.63, 3.8) is 0 Å². The molecule has 3 rings (SSSR count). The maximum atomic E-state index is 10.7. The number of nitrogens with zero attached hydrogens (tertiary/aromatic N) is 1. The van der Waals surface area contributed by atoms with Crippen LogP contribution in [0.5, 0.6) is 0 Å². The summed E-state index contributed by atoms with van der Waals surface area (Å²) in [7, 11) is 0. The van der Waals surface area contributed by atoms with Crippen LogP contribution in [0.2, 0.25) is 0 Å². The molecule has 106 valence electrons. The Hall–Kier alpha value is -0.920. The molecule has 20 heavy (non-hydrogen) atoms. The minimum Gasteiger partial charge on any atom is -0.211 e. The number of carbonyl (C=O) groups excluding carboxylic acids is 1. The molecule has 2 saturated carbocycles. The lowest BCUT2D eigenvalue weighted by atomic mass is 9.72. The van der Waals surface area contributed by atoms with Crippen molar-refractivity contribution in [2.75, 3.05) is 0 Å². The fourth-order valence-electron chi connectivity index (χ4n) is 3.63. The number of hydrogen-bond donors (Lipinski definition) is 0. The molecule has 0 amide bonds. The third-order valence-corrected chi connectivity index (χ3v) is 5.71. The third-order valence-electron chi connectivity index (χ3n) is 5.02. The molecule has 2 nitrogen and oxygen atoms in total. The average molecular weight is 334 g/mol. The minimum atomic E-state index is -0.282. The highest BCUT2D eigenvalue weighted by atomic mass is 79.9. The molecular weight excluding hydrogens is 314 g/mol. The summed E-state index contributed by atoms with van der Waals surface area (Å²) < 4.78 is 1.19. The zero-order valence-electron chi connectivity index (χ0n) is 11.7. The number of hydrogen-bond acceptors (Lipinski definition) is 2. The molecular formula is C17H20BrNO. The summed E-state index contributed by atoms with van der Waals surface area (Å²) in [6.45, 7) is 0. The molecule has 0 N–H and O–H groups in total. The van der Waals surface area contributed by atoms with Crippen LogP contribution in [0.1, 0.15) is 68.4 Å². The van der Waals surface area contributed by atoms with Crippen LogP contribution in [-0.4, -0.2) is 6.08 Å². The Kier molecular flexibility index (Phi) is 4.09. The van der Waals surface area contributed by atoms with E-state index in [1.54, 1.807) is 6.08 Å². The Labute approximate surface area is 128 Å². The van der Waals surface area contributed by atoms with Gasteiger partial charge < -0.3 is 0 Å². The molecule has 0 radical (unpaired) electrons. The summed E-state index contributed by atoms with van der Waals surface area (Å²) in [6, 6.07) is 6.61. The van der Waals surface area contributed by atoms with Crippen molar-refractivity contribution in [2.45, 2.75) is 62.8 Å². The number of rotatable bonds is 3. The molecule has 1 aromatic carbocycles. The Bertz CT molecular complexity index is 538. The van der Waals surface area contributed by atoms with E-state index in [9.17, 15) is 4.79 Å². The second-order valence-corrected chi connectivity index (χ2v) is 7.01. The van der Waals surface area contributed by atoms with Gasteiger partial charge >= 0.3 is 0 Å². The molecule has 2 aliphatic rings. The van der Waals surface area contributed by atoms with E-state index < -0.39 is 0 Å². The van der Waals surface area contributed by atoms with Crippen LogP contribution in [0.25, 0.3) is 0 Å². The lowest BCUT2D eigenvalue weighted by Crippen LogP contribution is -2.31. The predicted molar refractivity (Wildman–Crippen MR) is 83.6 cm³/mol. The Morgan fingerprint density at radius 2 is 1.90 bits per heavy atom. The first-order valence-electron chi connectivity index (χ1n) is 7.64. The van der Waals surface area contributed by atoms with Gasteiger partial charge in [0.25, 0.3) is 0 Å². The van der Waals surface area contributed by atoms with Crippen molar-refractivity contribution in [3.05, 3.63) is 33.8 Å². The fourth-order valence-corrected chi connectivity index (χ4v) is 4.33. The van der Waals surface area contributed by atoms with E-state index >= 15 is 0 Å². The maximum Gasteiger partial charge on any atom is 0.235 e. The van der Waals surface area contributed by atoms with Gasteiger partial charge in [0.05, 0.1) is 5.54 Å². The van der Waals surface area contributed by atoms with Crippen molar-refractivity contribution in [2.24, 2.45) is 4.99 Å². The molecule has 0 spiro atoms. The third kappa shape index (κ3) is 2.49. The number of isocyanates is 1. The monoisotopic (exact) mass is 333 g/mol. The number of aliphatic imine (C=N–C) groups is 1. The number of benzene rings is 1. The molecule has 0 bridgehead atoms. The van der Waals surface area contributed by atoms with Gasteiger partial charge in [-0.3, -0.25) is 0 Å². The van der Waals surface area contributed by atoms with Crippen molar-refractivity contribution < 1.29 is 4.79 Å². The molecule has 0 aliphatic heterocycles. The molecule has 3 heteroatoms. The zero-order valence-corrected chi connectivity index (χ0v) is 13.3. The molecule has 1 aromatic rings. The predicted octanol–water partition coefficient (Wildman–Crippen LogP) is 5.21. The van der Waals surface area contributed by atoms with E-state index in [0.717, 1.165) is 19.3 Å². The van der Waals surface area contributed by atoms with Gasteiger partial charge in [-0.15, -0.1) is 0 Å². The van der Waals surface area contributed by atoms with Gasteiger partial charge in [-0.2, -0.15) is 4.99 Å². The molecule has 0 aromatic heterocycles. The van der Waals surface area contributed by atoms with Gasteiger partial charge in [-0.25, -0.2) is 4.79 Å². The van der Waals surface area contributed by atoms with Crippen molar-refractivity contribution >= 4 is 22.0 Å². The molecule has 0 saturated heterocycles. The smallest absolute Gasteiger partial charge is 0.211 e. The van der Waals surface area contributed by atoms with Crippen LogP contribution in [0.3, 0.4) is 0 Å². The fraction of sp³-hybridized carbons (Fsp3) is 0.588. The van der Waals surface area contributed by atoms with E-state index in [1.165, 1.54) is 47.7 Å². The van der Waals surface area contributed by atoms with Crippen LogP contribution in [0, 0.1) is 0 Å². The van der Waals surface area contributed by atoms with E-state index in [1.807, 2.05) is 0 Å². The summed E-state index contributed by atoms with van der Waals surface area (Å²) >= 11 is 3.74. The number of halogens is 1. The Balaban J connectivity index is 1.89. The topological polar surface area (TPSA) is 29.4 Å². The van der Waals surface area contributed by atoms with Crippen LogP contribution >= 0.6 is 15.9 Å². The quantitative estimate of drug-likeness (QED) is 0.551. The highest BCUT2D eigenvalue weighted by Crippen LogP contribution is 2.46. The zero-order chi connectivity index (χ0) is 14.0. The first-order valence-corrected chi connectivity index (χ1v) is 8.43. The summed E-state index contributed by atoms with van der Waals surface area (Å²) in [5, 5.41) is 0. The Morgan fingerprint density at radius 1 is 1.15 bits per heavy atom. The van der Waals surface area contributed by atoms with Crippen LogP contribution in [0.15, 0.2) is 27.7 Å². The maximum absolute atomic E-state index is 10.7. The van der Waals surface area contributed by atoms with Gasteiger partial charge in [0.1, 0.15) is 0 Å². The molecule has 0 heterocycles. The normalized spacial score (nSPS) is 21.9. The summed E-state index contributed by atoms with van der Waals surface area (Å²) in [4.78, 5) is 14.8. The largest absolute Gasteiger partial charge is 0.235 e. The molecule has 2 aliphatic carbocycles. The van der Waals surface area contributed by atoms with Crippen LogP contribution in [-0.2, 0) is 10.3 Å². The van der Waals surface area contributed by atoms with Gasteiger partial charge in [-0.05, 0) is 55.2 Å². The minimum absolute atomic E-state index is 0.282. The van der Waals surface area contributed by atoms with E-state index in [0.29, 0.717) is 5.92 Å². The van der Waals surface area contributed by atoms with Crippen molar-refractivity contribution in [1.29, 1.82) is 0 Å². The highest BCUT2D eigenvalue weighted by Gasteiger charge is 2.39. The van der Waals surface area contributed by atoms with Crippen molar-refractivity contribution in [3.8, 4) is 0 Å². The first kappa shape index (κ1) is 14.0. The average Bonchev–Trinajstić information content (AvgIpc) is 2.44. The second-order valence-electron chi connectivity index (χ2n) is 6.16. The van der Waals surface area contributed by atoms with Crippen LogP contribution in [0.4, 0.5) is 0 Å². The van der Waals surface area contributed by atoms with Crippen LogP contribution < -0.4 is 0 Å². The molecule has 2 fully saturated rings. The van der Waals surface area contributed by atoms with Gasteiger partial charge in [0.15, 0.2) is 0 Å². The first-order chi connectivity index (χ1) is 9.75. The Morgan fingerprint density at radius 3 is 2.45 bits per heavy atom. The summed E-state index contributed by atoms with van der Waals surface area (Å²) in [6.07, 6.45) is 11.5. The molecule has 0 atom stereocenters.